The first-order valence-electron chi connectivity index (χ1n) is 6.33. The van der Waals surface area contributed by atoms with Crippen LogP contribution in [0.1, 0.15) is 18.4 Å². The van der Waals surface area contributed by atoms with Crippen molar-refractivity contribution < 1.29 is 4.79 Å². The minimum absolute atomic E-state index is 0.216. The van der Waals surface area contributed by atoms with Crippen LogP contribution in [0.5, 0.6) is 0 Å². The van der Waals surface area contributed by atoms with Crippen molar-refractivity contribution in [2.45, 2.75) is 19.4 Å². The van der Waals surface area contributed by atoms with Gasteiger partial charge in [-0.1, -0.05) is 42.5 Å². The van der Waals surface area contributed by atoms with Gasteiger partial charge in [0, 0.05) is 12.5 Å². The van der Waals surface area contributed by atoms with Crippen LogP contribution in [0.3, 0.4) is 0 Å². The number of amides is 1. The van der Waals surface area contributed by atoms with Crippen molar-refractivity contribution in [3.8, 4) is 0 Å². The second-order valence-corrected chi connectivity index (χ2v) is 5.09. The maximum atomic E-state index is 12.1. The molecule has 1 fully saturated rings. The van der Waals surface area contributed by atoms with Crippen molar-refractivity contribution in [3.63, 3.8) is 0 Å². The number of carbonyl (C=O) groups is 1. The Morgan fingerprint density at radius 2 is 2.00 bits per heavy atom. The van der Waals surface area contributed by atoms with Crippen LogP contribution in [0.2, 0.25) is 0 Å². The summed E-state index contributed by atoms with van der Waals surface area (Å²) in [6.45, 7) is 0.650. The third kappa shape index (κ3) is 2.12. The summed E-state index contributed by atoms with van der Waals surface area (Å²) < 4.78 is 0. The molecule has 0 aromatic heterocycles. The van der Waals surface area contributed by atoms with Crippen LogP contribution in [0.4, 0.5) is 0 Å². The Balaban J connectivity index is 1.56. The van der Waals surface area contributed by atoms with E-state index in [0.717, 1.165) is 6.42 Å². The fraction of sp³-hybridized carbons (Fsp3) is 0.400. The van der Waals surface area contributed by atoms with Crippen molar-refractivity contribution in [1.29, 1.82) is 0 Å². The Hall–Kier alpha value is -1.57. The van der Waals surface area contributed by atoms with E-state index in [1.54, 1.807) is 0 Å². The van der Waals surface area contributed by atoms with Crippen LogP contribution in [0, 0.1) is 17.8 Å². The molecule has 3 rings (SSSR count). The molecule has 0 aliphatic heterocycles. The van der Waals surface area contributed by atoms with E-state index in [-0.39, 0.29) is 11.8 Å². The van der Waals surface area contributed by atoms with Gasteiger partial charge < -0.3 is 5.32 Å². The predicted octanol–water partition coefficient (Wildman–Crippen LogP) is 2.52. The summed E-state index contributed by atoms with van der Waals surface area (Å²) in [5.74, 6) is 1.60. The standard InChI is InChI=1S/C15H17NO/c17-15(14-9-12-6-7-13(14)8-12)16-10-11-4-2-1-3-5-11/h1-7,12-14H,8-10H2,(H,16,17)/t12-,13+,14+/m0/s1. The molecule has 3 atom stereocenters. The molecule has 0 heterocycles. The van der Waals surface area contributed by atoms with Crippen LogP contribution < -0.4 is 5.32 Å². The lowest BCUT2D eigenvalue weighted by atomic mass is 9.93. The summed E-state index contributed by atoms with van der Waals surface area (Å²) in [5.41, 5.74) is 1.17. The molecule has 88 valence electrons. The monoisotopic (exact) mass is 227 g/mol. The first-order valence-corrected chi connectivity index (χ1v) is 6.33. The highest BCUT2D eigenvalue weighted by atomic mass is 16.1. The highest BCUT2D eigenvalue weighted by Crippen LogP contribution is 2.43. The van der Waals surface area contributed by atoms with E-state index in [2.05, 4.69) is 17.5 Å². The lowest BCUT2D eigenvalue weighted by molar-refractivity contribution is -0.125. The van der Waals surface area contributed by atoms with E-state index >= 15 is 0 Å². The minimum Gasteiger partial charge on any atom is -0.352 e. The van der Waals surface area contributed by atoms with E-state index in [0.29, 0.717) is 18.4 Å². The zero-order valence-electron chi connectivity index (χ0n) is 9.80. The normalized spacial score (nSPS) is 29.5. The van der Waals surface area contributed by atoms with Gasteiger partial charge in [-0.3, -0.25) is 4.79 Å². The summed E-state index contributed by atoms with van der Waals surface area (Å²) in [4.78, 5) is 12.1. The summed E-state index contributed by atoms with van der Waals surface area (Å²) >= 11 is 0. The van der Waals surface area contributed by atoms with E-state index in [9.17, 15) is 4.79 Å². The van der Waals surface area contributed by atoms with Gasteiger partial charge in [0.1, 0.15) is 0 Å². The molecule has 2 heteroatoms. The lowest BCUT2D eigenvalue weighted by Gasteiger charge is -2.17. The third-order valence-electron chi connectivity index (χ3n) is 3.93. The molecule has 2 nitrogen and oxygen atoms in total. The van der Waals surface area contributed by atoms with Gasteiger partial charge in [-0.2, -0.15) is 0 Å². The van der Waals surface area contributed by atoms with E-state index < -0.39 is 0 Å². The first-order chi connectivity index (χ1) is 8.33. The molecule has 1 N–H and O–H groups in total. The average Bonchev–Trinajstić information content (AvgIpc) is 2.99. The van der Waals surface area contributed by atoms with Crippen LogP contribution in [0.25, 0.3) is 0 Å². The highest BCUT2D eigenvalue weighted by Gasteiger charge is 2.39. The van der Waals surface area contributed by atoms with Crippen molar-refractivity contribution in [3.05, 3.63) is 48.0 Å². The zero-order chi connectivity index (χ0) is 11.7. The van der Waals surface area contributed by atoms with Gasteiger partial charge in [0.25, 0.3) is 0 Å². The molecule has 1 aromatic carbocycles. The fourth-order valence-corrected chi connectivity index (χ4v) is 3.00. The highest BCUT2D eigenvalue weighted by molar-refractivity contribution is 5.79. The van der Waals surface area contributed by atoms with Gasteiger partial charge in [-0.25, -0.2) is 0 Å². The molecular weight excluding hydrogens is 210 g/mol. The summed E-state index contributed by atoms with van der Waals surface area (Å²) in [6.07, 6.45) is 6.72. The minimum atomic E-state index is 0.216. The number of hydrogen-bond donors (Lipinski definition) is 1. The fourth-order valence-electron chi connectivity index (χ4n) is 3.00. The SMILES string of the molecule is O=C(NCc1ccccc1)[C@@H]1C[C@H]2C=C[C@@H]1C2. The molecule has 1 amide bonds. The van der Waals surface area contributed by atoms with E-state index in [4.69, 9.17) is 0 Å². The maximum absolute atomic E-state index is 12.1. The Kier molecular flexibility index (Phi) is 2.71. The number of rotatable bonds is 3. The largest absolute Gasteiger partial charge is 0.352 e. The molecule has 0 unspecified atom stereocenters. The quantitative estimate of drug-likeness (QED) is 0.790. The van der Waals surface area contributed by atoms with Crippen molar-refractivity contribution in [2.75, 3.05) is 0 Å². The van der Waals surface area contributed by atoms with Gasteiger partial charge in [0.05, 0.1) is 0 Å². The summed E-state index contributed by atoms with van der Waals surface area (Å²) in [5, 5.41) is 3.05. The Bertz CT molecular complexity index is 437. The van der Waals surface area contributed by atoms with E-state index in [1.807, 2.05) is 30.3 Å². The van der Waals surface area contributed by atoms with Crippen LogP contribution in [-0.2, 0) is 11.3 Å². The second-order valence-electron chi connectivity index (χ2n) is 5.09. The molecular formula is C15H17NO. The topological polar surface area (TPSA) is 29.1 Å². The van der Waals surface area contributed by atoms with Crippen LogP contribution in [0.15, 0.2) is 42.5 Å². The van der Waals surface area contributed by atoms with E-state index in [1.165, 1.54) is 12.0 Å². The Morgan fingerprint density at radius 3 is 2.65 bits per heavy atom. The number of carbonyl (C=O) groups excluding carboxylic acids is 1. The lowest BCUT2D eigenvalue weighted by Crippen LogP contribution is -2.32. The smallest absolute Gasteiger partial charge is 0.223 e. The molecule has 0 spiro atoms. The van der Waals surface area contributed by atoms with Crippen molar-refractivity contribution in [2.24, 2.45) is 17.8 Å². The summed E-state index contributed by atoms with van der Waals surface area (Å²) in [7, 11) is 0. The summed E-state index contributed by atoms with van der Waals surface area (Å²) in [6, 6.07) is 10.1. The Labute approximate surface area is 102 Å². The number of allylic oxidation sites excluding steroid dienone is 2. The second kappa shape index (κ2) is 4.36. The van der Waals surface area contributed by atoms with Crippen molar-refractivity contribution in [1.82, 2.24) is 5.32 Å². The molecule has 2 bridgehead atoms. The van der Waals surface area contributed by atoms with Gasteiger partial charge >= 0.3 is 0 Å². The maximum Gasteiger partial charge on any atom is 0.223 e. The van der Waals surface area contributed by atoms with Gasteiger partial charge in [0.15, 0.2) is 0 Å². The number of benzene rings is 1. The number of nitrogens with one attached hydrogen (secondary N) is 1. The molecule has 2 aliphatic rings. The molecule has 0 radical (unpaired) electrons. The average molecular weight is 227 g/mol. The first kappa shape index (κ1) is 10.6. The number of hydrogen-bond acceptors (Lipinski definition) is 1. The third-order valence-corrected chi connectivity index (χ3v) is 3.93. The van der Waals surface area contributed by atoms with Gasteiger partial charge in [-0.15, -0.1) is 0 Å². The van der Waals surface area contributed by atoms with Crippen LogP contribution in [-0.4, -0.2) is 5.91 Å². The predicted molar refractivity (Wildman–Crippen MR) is 67.1 cm³/mol. The molecule has 2 aliphatic carbocycles. The molecule has 17 heavy (non-hydrogen) atoms. The number of fused-ring (bicyclic) bond motifs is 2. The molecule has 1 saturated carbocycles. The van der Waals surface area contributed by atoms with Crippen LogP contribution >= 0.6 is 0 Å². The Morgan fingerprint density at radius 1 is 1.18 bits per heavy atom. The van der Waals surface area contributed by atoms with Gasteiger partial charge in [0.2, 0.25) is 5.91 Å². The van der Waals surface area contributed by atoms with Crippen molar-refractivity contribution >= 4 is 5.91 Å². The zero-order valence-corrected chi connectivity index (χ0v) is 9.80. The molecule has 1 aromatic rings. The van der Waals surface area contributed by atoms with Gasteiger partial charge in [-0.05, 0) is 30.2 Å². The molecule has 0 saturated heterocycles.